The molecule has 0 heterocycles. The molecule has 6 heteroatoms. The standard InChI is InChI=1S/C74H134O6/c1-4-7-10-13-16-19-22-25-27-29-31-33-34-35-36-37-38-39-40-42-43-45-47-49-52-55-58-61-64-67-73(76)79-70-71(69-78-72(75)66-63-60-57-54-51-24-21-18-15-12-9-6-3)80-74(77)68-65-62-59-56-53-50-48-46-44-41-32-30-28-26-23-20-17-14-11-8-5-2/h18,21-23,25-26,29-32,71H,4-17,19-20,24,27-28,33-70H2,1-3H3/b21-18-,25-22-,26-23-,31-29-,32-30-. The molecule has 0 aliphatic carbocycles. The topological polar surface area (TPSA) is 78.9 Å². The number of hydrogen-bond acceptors (Lipinski definition) is 6. The second kappa shape index (κ2) is 68.6. The number of carbonyl (C=O) groups is 3. The van der Waals surface area contributed by atoms with Crippen molar-refractivity contribution < 1.29 is 28.6 Å². The molecule has 1 atom stereocenters. The molecule has 0 aromatic rings. The number of unbranched alkanes of at least 4 members (excludes halogenated alkanes) is 44. The molecule has 0 saturated carbocycles. The van der Waals surface area contributed by atoms with Crippen molar-refractivity contribution in [1.29, 1.82) is 0 Å². The predicted molar refractivity (Wildman–Crippen MR) is 348 cm³/mol. The summed E-state index contributed by atoms with van der Waals surface area (Å²) in [6, 6.07) is 0. The fourth-order valence-electron chi connectivity index (χ4n) is 10.4. The molecule has 0 N–H and O–H groups in total. The highest BCUT2D eigenvalue weighted by Gasteiger charge is 2.19. The van der Waals surface area contributed by atoms with E-state index in [9.17, 15) is 14.4 Å². The lowest BCUT2D eigenvalue weighted by molar-refractivity contribution is -0.167. The van der Waals surface area contributed by atoms with Crippen molar-refractivity contribution in [3.05, 3.63) is 60.8 Å². The molecule has 0 spiro atoms. The molecule has 466 valence electrons. The van der Waals surface area contributed by atoms with Crippen molar-refractivity contribution in [2.24, 2.45) is 0 Å². The first-order valence-electron chi connectivity index (χ1n) is 35.3. The number of carbonyl (C=O) groups excluding carboxylic acids is 3. The van der Waals surface area contributed by atoms with Gasteiger partial charge >= 0.3 is 17.9 Å². The van der Waals surface area contributed by atoms with Gasteiger partial charge in [-0.2, -0.15) is 0 Å². The maximum atomic E-state index is 12.9. The SMILES string of the molecule is CCCCC/C=C\CCCCCCCC(=O)OCC(COC(=O)CCCCCCCCCCCCCCCCCCC/C=C\C/C=C\CCCCCCC)OC(=O)CCCCCCCCCCC/C=C\C/C=C\CCCCCCC. The molecule has 0 aliphatic heterocycles. The van der Waals surface area contributed by atoms with Gasteiger partial charge in [0.25, 0.3) is 0 Å². The van der Waals surface area contributed by atoms with Crippen LogP contribution in [0.15, 0.2) is 60.8 Å². The maximum Gasteiger partial charge on any atom is 0.306 e. The van der Waals surface area contributed by atoms with E-state index < -0.39 is 6.10 Å². The highest BCUT2D eigenvalue weighted by molar-refractivity contribution is 5.71. The Labute approximate surface area is 498 Å². The summed E-state index contributed by atoms with van der Waals surface area (Å²) < 4.78 is 17.0. The average molecular weight is 1120 g/mol. The Morgan fingerprint density at radius 3 is 0.725 bits per heavy atom. The third-order valence-corrected chi connectivity index (χ3v) is 15.7. The minimum absolute atomic E-state index is 0.0753. The van der Waals surface area contributed by atoms with E-state index in [2.05, 4.69) is 81.5 Å². The molecule has 0 fully saturated rings. The molecule has 0 bridgehead atoms. The van der Waals surface area contributed by atoms with Crippen LogP contribution in [0.1, 0.15) is 374 Å². The van der Waals surface area contributed by atoms with Crippen LogP contribution in [-0.4, -0.2) is 37.2 Å². The minimum Gasteiger partial charge on any atom is -0.462 e. The van der Waals surface area contributed by atoms with E-state index in [-0.39, 0.29) is 31.1 Å². The number of allylic oxidation sites excluding steroid dienone is 10. The van der Waals surface area contributed by atoms with Gasteiger partial charge in [-0.1, -0.05) is 306 Å². The Bertz CT molecular complexity index is 1430. The Balaban J connectivity index is 4.20. The van der Waals surface area contributed by atoms with Crippen LogP contribution in [0, 0.1) is 0 Å². The highest BCUT2D eigenvalue weighted by Crippen LogP contribution is 2.18. The van der Waals surface area contributed by atoms with Crippen LogP contribution in [0.2, 0.25) is 0 Å². The van der Waals surface area contributed by atoms with E-state index in [1.807, 2.05) is 0 Å². The highest BCUT2D eigenvalue weighted by atomic mass is 16.6. The molecule has 0 aliphatic rings. The largest absolute Gasteiger partial charge is 0.462 e. The van der Waals surface area contributed by atoms with Gasteiger partial charge in [0.1, 0.15) is 13.2 Å². The second-order valence-corrected chi connectivity index (χ2v) is 23.8. The first-order chi connectivity index (χ1) is 39.5. The van der Waals surface area contributed by atoms with Gasteiger partial charge in [-0.05, 0) is 109 Å². The van der Waals surface area contributed by atoms with Crippen molar-refractivity contribution in [1.82, 2.24) is 0 Å². The van der Waals surface area contributed by atoms with E-state index in [1.165, 1.54) is 257 Å². The zero-order valence-corrected chi connectivity index (χ0v) is 53.6. The molecular weight excluding hydrogens is 985 g/mol. The summed E-state index contributed by atoms with van der Waals surface area (Å²) in [5, 5.41) is 0. The molecule has 6 nitrogen and oxygen atoms in total. The predicted octanol–water partition coefficient (Wildman–Crippen LogP) is 24.3. The quantitative estimate of drug-likeness (QED) is 0.0261. The summed E-state index contributed by atoms with van der Waals surface area (Å²) in [7, 11) is 0. The van der Waals surface area contributed by atoms with Crippen molar-refractivity contribution in [2.45, 2.75) is 380 Å². The van der Waals surface area contributed by atoms with Crippen molar-refractivity contribution in [3.63, 3.8) is 0 Å². The van der Waals surface area contributed by atoms with Gasteiger partial charge in [0.2, 0.25) is 0 Å². The Hall–Kier alpha value is -2.89. The number of hydrogen-bond donors (Lipinski definition) is 0. The molecule has 0 aromatic carbocycles. The number of ether oxygens (including phenoxy) is 3. The van der Waals surface area contributed by atoms with E-state index >= 15 is 0 Å². The van der Waals surface area contributed by atoms with Crippen LogP contribution in [-0.2, 0) is 28.6 Å². The van der Waals surface area contributed by atoms with E-state index in [0.717, 1.165) is 77.0 Å². The zero-order chi connectivity index (χ0) is 57.8. The smallest absolute Gasteiger partial charge is 0.306 e. The van der Waals surface area contributed by atoms with Crippen LogP contribution in [0.3, 0.4) is 0 Å². The zero-order valence-electron chi connectivity index (χ0n) is 53.6. The van der Waals surface area contributed by atoms with Crippen molar-refractivity contribution >= 4 is 17.9 Å². The fraction of sp³-hybridized carbons (Fsp3) is 0.824. The summed E-state index contributed by atoms with van der Waals surface area (Å²) in [5.41, 5.74) is 0. The van der Waals surface area contributed by atoms with Gasteiger partial charge in [-0.15, -0.1) is 0 Å². The molecule has 0 amide bonds. The summed E-state index contributed by atoms with van der Waals surface area (Å²) in [6.45, 7) is 6.64. The second-order valence-electron chi connectivity index (χ2n) is 23.8. The Morgan fingerprint density at radius 1 is 0.250 bits per heavy atom. The fourth-order valence-corrected chi connectivity index (χ4v) is 10.4. The lowest BCUT2D eigenvalue weighted by Crippen LogP contribution is -2.30. The van der Waals surface area contributed by atoms with Gasteiger partial charge < -0.3 is 14.2 Å². The van der Waals surface area contributed by atoms with E-state index in [4.69, 9.17) is 14.2 Å². The molecule has 80 heavy (non-hydrogen) atoms. The van der Waals surface area contributed by atoms with E-state index in [0.29, 0.717) is 19.3 Å². The molecule has 1 unspecified atom stereocenters. The van der Waals surface area contributed by atoms with Gasteiger partial charge in [0, 0.05) is 19.3 Å². The summed E-state index contributed by atoms with van der Waals surface area (Å²) in [6.07, 6.45) is 88.2. The normalized spacial score (nSPS) is 12.4. The molecule has 0 saturated heterocycles. The van der Waals surface area contributed by atoms with Gasteiger partial charge in [-0.25, -0.2) is 0 Å². The third kappa shape index (κ3) is 65.9. The van der Waals surface area contributed by atoms with Crippen LogP contribution in [0.25, 0.3) is 0 Å². The Kier molecular flexibility index (Phi) is 66.1. The van der Waals surface area contributed by atoms with Crippen LogP contribution in [0.5, 0.6) is 0 Å². The first-order valence-corrected chi connectivity index (χ1v) is 35.3. The van der Waals surface area contributed by atoms with Crippen LogP contribution in [0.4, 0.5) is 0 Å². The summed E-state index contributed by atoms with van der Waals surface area (Å²) in [5.74, 6) is -0.868. The van der Waals surface area contributed by atoms with Gasteiger partial charge in [-0.3, -0.25) is 14.4 Å². The molecule has 0 radical (unpaired) electrons. The lowest BCUT2D eigenvalue weighted by Gasteiger charge is -2.18. The molecule has 0 aromatic heterocycles. The molecule has 0 rings (SSSR count). The van der Waals surface area contributed by atoms with Gasteiger partial charge in [0.15, 0.2) is 6.10 Å². The lowest BCUT2D eigenvalue weighted by atomic mass is 10.0. The Morgan fingerprint density at radius 2 is 0.450 bits per heavy atom. The summed E-state index contributed by atoms with van der Waals surface area (Å²) >= 11 is 0. The van der Waals surface area contributed by atoms with E-state index in [1.54, 1.807) is 0 Å². The van der Waals surface area contributed by atoms with Crippen LogP contribution >= 0.6 is 0 Å². The van der Waals surface area contributed by atoms with Crippen molar-refractivity contribution in [2.75, 3.05) is 13.2 Å². The number of rotatable bonds is 65. The number of esters is 3. The van der Waals surface area contributed by atoms with Gasteiger partial charge in [0.05, 0.1) is 0 Å². The first kappa shape index (κ1) is 77.1. The van der Waals surface area contributed by atoms with Crippen LogP contribution < -0.4 is 0 Å². The monoisotopic (exact) mass is 1120 g/mol. The third-order valence-electron chi connectivity index (χ3n) is 15.7. The minimum atomic E-state index is -0.780. The average Bonchev–Trinajstić information content (AvgIpc) is 3.46. The maximum absolute atomic E-state index is 12.9. The summed E-state index contributed by atoms with van der Waals surface area (Å²) in [4.78, 5) is 38.4. The van der Waals surface area contributed by atoms with Crippen molar-refractivity contribution in [3.8, 4) is 0 Å². The molecular formula is C74H134O6.